The minimum absolute atomic E-state index is 0.0103. The highest BCUT2D eigenvalue weighted by atomic mass is 32.2. The van der Waals surface area contributed by atoms with Crippen LogP contribution in [-0.2, 0) is 21.2 Å². The van der Waals surface area contributed by atoms with Gasteiger partial charge in [-0.15, -0.1) is 0 Å². The summed E-state index contributed by atoms with van der Waals surface area (Å²) in [4.78, 5) is 16.7. The average molecular weight is 606 g/mol. The van der Waals surface area contributed by atoms with Crippen LogP contribution in [0.25, 0.3) is 16.8 Å². The minimum Gasteiger partial charge on any atom is -0.390 e. The zero-order chi connectivity index (χ0) is 30.6. The van der Waals surface area contributed by atoms with E-state index in [0.717, 1.165) is 21.8 Å². The lowest BCUT2D eigenvalue weighted by molar-refractivity contribution is -0.115. The van der Waals surface area contributed by atoms with E-state index in [2.05, 4.69) is 32.4 Å². The van der Waals surface area contributed by atoms with Crippen LogP contribution >= 0.6 is 0 Å². The molecular formula is C30H29F2N7O3S. The first kappa shape index (κ1) is 29.6. The van der Waals surface area contributed by atoms with Crippen molar-refractivity contribution >= 4 is 45.2 Å². The summed E-state index contributed by atoms with van der Waals surface area (Å²) in [5.74, 6) is -0.375. The Morgan fingerprint density at radius 2 is 1.88 bits per heavy atom. The van der Waals surface area contributed by atoms with E-state index in [1.54, 1.807) is 36.4 Å². The Morgan fingerprint density at radius 3 is 2.58 bits per heavy atom. The van der Waals surface area contributed by atoms with Gasteiger partial charge in [0, 0.05) is 41.8 Å². The van der Waals surface area contributed by atoms with Crippen molar-refractivity contribution in [3.05, 3.63) is 96.4 Å². The molecule has 1 fully saturated rings. The maximum absolute atomic E-state index is 13.6. The number of amides is 1. The summed E-state index contributed by atoms with van der Waals surface area (Å²) < 4.78 is 53.8. The number of nitrogens with two attached hydrogens (primary N) is 1. The molecule has 0 radical (unpaired) electrons. The van der Waals surface area contributed by atoms with Crippen molar-refractivity contribution in [2.75, 3.05) is 23.7 Å². The average Bonchev–Trinajstić information content (AvgIpc) is 3.62. The summed E-state index contributed by atoms with van der Waals surface area (Å²) in [6.45, 7) is 4.12. The summed E-state index contributed by atoms with van der Waals surface area (Å²) in [5, 5.41) is 12.7. The fourth-order valence-electron chi connectivity index (χ4n) is 4.71. The number of hydrogen-bond acceptors (Lipinski definition) is 6. The number of H-pyrrole nitrogens is 1. The zero-order valence-electron chi connectivity index (χ0n) is 22.9. The fourth-order valence-corrected chi connectivity index (χ4v) is 6.19. The van der Waals surface area contributed by atoms with Crippen molar-refractivity contribution in [2.45, 2.75) is 23.9 Å². The van der Waals surface area contributed by atoms with Crippen LogP contribution in [-0.4, -0.2) is 54.4 Å². The molecule has 0 unspecified atom stereocenters. The van der Waals surface area contributed by atoms with Crippen molar-refractivity contribution in [3.8, 4) is 11.1 Å². The Bertz CT molecular complexity index is 1790. The lowest BCUT2D eigenvalue weighted by atomic mass is 10.0. The van der Waals surface area contributed by atoms with E-state index in [-0.39, 0.29) is 36.7 Å². The Labute approximate surface area is 247 Å². The number of aliphatic imine (C=N–C) groups is 1. The van der Waals surface area contributed by atoms with Crippen LogP contribution in [0.4, 0.5) is 26.0 Å². The van der Waals surface area contributed by atoms with Crippen LogP contribution in [0, 0.1) is 5.82 Å². The molecule has 5 rings (SSSR count). The second-order valence-corrected chi connectivity index (χ2v) is 11.8. The van der Waals surface area contributed by atoms with Crippen molar-refractivity contribution in [1.82, 2.24) is 14.5 Å². The highest BCUT2D eigenvalue weighted by molar-refractivity contribution is 7.89. The van der Waals surface area contributed by atoms with Gasteiger partial charge in [-0.05, 0) is 53.9 Å². The zero-order valence-corrected chi connectivity index (χ0v) is 23.7. The van der Waals surface area contributed by atoms with Crippen molar-refractivity contribution < 1.29 is 22.0 Å². The van der Waals surface area contributed by atoms with Gasteiger partial charge in [-0.25, -0.2) is 22.2 Å². The molecule has 1 aliphatic heterocycles. The highest BCUT2D eigenvalue weighted by Gasteiger charge is 2.32. The second kappa shape index (κ2) is 12.5. The number of alkyl halides is 1. The molecule has 1 atom stereocenters. The molecule has 1 amide bonds. The summed E-state index contributed by atoms with van der Waals surface area (Å²) >= 11 is 0. The van der Waals surface area contributed by atoms with Crippen molar-refractivity contribution in [3.63, 3.8) is 0 Å². The monoisotopic (exact) mass is 605 g/mol. The molecule has 0 aliphatic carbocycles. The SMILES string of the molecule is C=C(Nc1cc(CC(=O)Nc2cccc(F)c2)[nH]n1)c1ccc(-c2ccc(S(=O)(=O)N3CC[C@@H](F)C3)cc2)cc1N=CN. The third-order valence-corrected chi connectivity index (χ3v) is 8.70. The van der Waals surface area contributed by atoms with Crippen molar-refractivity contribution in [1.29, 1.82) is 0 Å². The number of nitrogens with one attached hydrogen (secondary N) is 3. The van der Waals surface area contributed by atoms with Gasteiger partial charge in [0.15, 0.2) is 5.82 Å². The molecule has 4 aromatic rings. The van der Waals surface area contributed by atoms with E-state index in [4.69, 9.17) is 5.73 Å². The molecule has 1 saturated heterocycles. The topological polar surface area (TPSA) is 146 Å². The van der Waals surface area contributed by atoms with Gasteiger partial charge >= 0.3 is 0 Å². The third kappa shape index (κ3) is 6.96. The summed E-state index contributed by atoms with van der Waals surface area (Å²) in [5.41, 5.74) is 9.60. The van der Waals surface area contributed by atoms with Crippen LogP contribution in [0.3, 0.4) is 0 Å². The number of benzene rings is 3. The standard InChI is InChI=1S/C30H29F2N7O3S/c1-19(35-29-15-25(37-38-29)16-30(40)36-24-4-2-3-22(31)14-24)27-10-7-21(13-28(27)34-18-33)20-5-8-26(9-6-20)43(41,42)39-12-11-23(32)17-39/h2-10,13-15,18,23H,1,11-12,16-17H2,(H2,33,34)(H,36,40)(H2,35,37,38)/t23-/m1/s1. The number of hydrogen-bond donors (Lipinski definition) is 4. The van der Waals surface area contributed by atoms with Gasteiger partial charge in [0.1, 0.15) is 12.0 Å². The van der Waals surface area contributed by atoms with E-state index in [1.165, 1.54) is 30.3 Å². The van der Waals surface area contributed by atoms with Crippen LogP contribution in [0.5, 0.6) is 0 Å². The number of nitrogens with zero attached hydrogens (tertiary/aromatic N) is 3. The van der Waals surface area contributed by atoms with Gasteiger partial charge in [-0.2, -0.15) is 9.40 Å². The molecule has 0 saturated carbocycles. The number of aromatic amines is 1. The van der Waals surface area contributed by atoms with Gasteiger partial charge < -0.3 is 16.4 Å². The maximum Gasteiger partial charge on any atom is 0.243 e. The lowest BCUT2D eigenvalue weighted by Crippen LogP contribution is -2.29. The quantitative estimate of drug-likeness (QED) is 0.151. The molecule has 0 spiro atoms. The predicted octanol–water partition coefficient (Wildman–Crippen LogP) is 4.83. The molecule has 1 aromatic heterocycles. The first-order chi connectivity index (χ1) is 20.6. The van der Waals surface area contributed by atoms with Crippen LogP contribution in [0.2, 0.25) is 0 Å². The first-order valence-electron chi connectivity index (χ1n) is 13.3. The summed E-state index contributed by atoms with van der Waals surface area (Å²) in [6, 6.07) is 19.1. The van der Waals surface area contributed by atoms with Gasteiger partial charge in [0.25, 0.3) is 0 Å². The van der Waals surface area contributed by atoms with Gasteiger partial charge in [-0.1, -0.05) is 36.9 Å². The minimum atomic E-state index is -3.77. The Hall–Kier alpha value is -4.88. The largest absolute Gasteiger partial charge is 0.390 e. The van der Waals surface area contributed by atoms with Crippen LogP contribution in [0.1, 0.15) is 17.7 Å². The van der Waals surface area contributed by atoms with Crippen molar-refractivity contribution in [2.24, 2.45) is 10.7 Å². The number of sulfonamides is 1. The molecule has 43 heavy (non-hydrogen) atoms. The number of anilines is 2. The van der Waals surface area contributed by atoms with E-state index in [9.17, 15) is 22.0 Å². The lowest BCUT2D eigenvalue weighted by Gasteiger charge is -2.16. The van der Waals surface area contributed by atoms with Gasteiger partial charge in [0.05, 0.1) is 23.3 Å². The molecule has 10 nitrogen and oxygen atoms in total. The fraction of sp³-hybridized carbons (Fsp3) is 0.167. The number of carbonyl (C=O) groups is 1. The molecule has 2 heterocycles. The number of rotatable bonds is 10. The molecule has 1 aliphatic rings. The second-order valence-electron chi connectivity index (χ2n) is 9.90. The smallest absolute Gasteiger partial charge is 0.243 e. The Kier molecular flexibility index (Phi) is 8.64. The molecule has 13 heteroatoms. The van der Waals surface area contributed by atoms with Crippen LogP contribution in [0.15, 0.2) is 89.3 Å². The molecule has 5 N–H and O–H groups in total. The Balaban J connectivity index is 1.27. The van der Waals surface area contributed by atoms with Gasteiger partial charge in [-0.3, -0.25) is 9.89 Å². The number of halogens is 2. The molecular weight excluding hydrogens is 576 g/mol. The normalized spacial score (nSPS) is 15.5. The van der Waals surface area contributed by atoms with Gasteiger partial charge in [0.2, 0.25) is 15.9 Å². The molecule has 222 valence electrons. The van der Waals surface area contributed by atoms with E-state index < -0.39 is 22.0 Å². The Morgan fingerprint density at radius 1 is 1.12 bits per heavy atom. The maximum atomic E-state index is 13.6. The van der Waals surface area contributed by atoms with E-state index in [1.807, 2.05) is 6.07 Å². The number of aromatic nitrogens is 2. The van der Waals surface area contributed by atoms with E-state index in [0.29, 0.717) is 34.1 Å². The summed E-state index contributed by atoms with van der Waals surface area (Å²) in [6.07, 6.45) is 0.200. The van der Waals surface area contributed by atoms with E-state index >= 15 is 0 Å². The number of carbonyl (C=O) groups excluding carboxylic acids is 1. The van der Waals surface area contributed by atoms with Crippen LogP contribution < -0.4 is 16.4 Å². The molecule has 0 bridgehead atoms. The predicted molar refractivity (Wildman–Crippen MR) is 162 cm³/mol. The highest BCUT2D eigenvalue weighted by Crippen LogP contribution is 2.33. The summed E-state index contributed by atoms with van der Waals surface area (Å²) in [7, 11) is -3.77. The molecule has 3 aromatic carbocycles. The first-order valence-corrected chi connectivity index (χ1v) is 14.8. The third-order valence-electron chi connectivity index (χ3n) is 6.82.